The highest BCUT2D eigenvalue weighted by Gasteiger charge is 2.17. The largest absolute Gasteiger partial charge is 0.368 e. The molecule has 0 atom stereocenters. The number of piperidine rings is 1. The molecule has 0 saturated carbocycles. The van der Waals surface area contributed by atoms with E-state index in [9.17, 15) is 0 Å². The van der Waals surface area contributed by atoms with Crippen LogP contribution in [0.2, 0.25) is 0 Å². The third-order valence-corrected chi connectivity index (χ3v) is 3.03. The van der Waals surface area contributed by atoms with Gasteiger partial charge in [-0.3, -0.25) is 0 Å². The summed E-state index contributed by atoms with van der Waals surface area (Å²) in [6.45, 7) is 2.07. The van der Waals surface area contributed by atoms with Crippen LogP contribution < -0.4 is 10.7 Å². The van der Waals surface area contributed by atoms with Crippen molar-refractivity contribution < 1.29 is 0 Å². The Bertz CT molecular complexity index is 498. The van der Waals surface area contributed by atoms with Crippen LogP contribution in [0.4, 0.5) is 5.95 Å². The molecule has 84 valence electrons. The van der Waals surface area contributed by atoms with Crippen LogP contribution in [0, 0.1) is 0 Å². The highest BCUT2D eigenvalue weighted by Crippen LogP contribution is 2.18. The smallest absolute Gasteiger partial charge is 0.222 e. The van der Waals surface area contributed by atoms with Gasteiger partial charge in [0, 0.05) is 19.3 Å². The minimum Gasteiger partial charge on any atom is -0.368 e. The first-order chi connectivity index (χ1) is 7.86. The predicted octanol–water partition coefficient (Wildman–Crippen LogP) is 1.14. The fraction of sp³-hybridized carbons (Fsp3) is 0.455. The number of aromatic nitrogens is 3. The van der Waals surface area contributed by atoms with Crippen molar-refractivity contribution >= 4 is 17.1 Å². The van der Waals surface area contributed by atoms with Gasteiger partial charge in [0.05, 0.1) is 0 Å². The maximum atomic E-state index is 5.95. The number of nitrogen functional groups attached to an aromatic ring is 1. The van der Waals surface area contributed by atoms with Crippen molar-refractivity contribution in [3.8, 4) is 0 Å². The molecule has 0 radical (unpaired) electrons. The lowest BCUT2D eigenvalue weighted by Crippen LogP contribution is -2.39. The molecule has 2 aromatic rings. The first-order valence-electron chi connectivity index (χ1n) is 5.70. The number of pyridine rings is 1. The molecule has 0 aliphatic carbocycles. The maximum absolute atomic E-state index is 5.95. The van der Waals surface area contributed by atoms with Crippen LogP contribution in [0.25, 0.3) is 11.2 Å². The minimum atomic E-state index is 0.538. The summed E-state index contributed by atoms with van der Waals surface area (Å²) < 4.78 is 1.95. The monoisotopic (exact) mass is 217 g/mol. The number of fused-ring (bicyclic) bond motifs is 1. The summed E-state index contributed by atoms with van der Waals surface area (Å²) in [5, 5.41) is 2.24. The quantitative estimate of drug-likeness (QED) is 0.778. The molecule has 0 amide bonds. The van der Waals surface area contributed by atoms with Gasteiger partial charge in [0.15, 0.2) is 5.65 Å². The van der Waals surface area contributed by atoms with Crippen molar-refractivity contribution in [1.29, 1.82) is 0 Å². The molecule has 1 aliphatic heterocycles. The van der Waals surface area contributed by atoms with Crippen LogP contribution in [0.5, 0.6) is 0 Å². The zero-order chi connectivity index (χ0) is 11.0. The van der Waals surface area contributed by atoms with Crippen LogP contribution in [-0.2, 0) is 0 Å². The number of hydrogen-bond acceptors (Lipinski definition) is 4. The van der Waals surface area contributed by atoms with Crippen molar-refractivity contribution in [2.45, 2.75) is 19.3 Å². The fourth-order valence-corrected chi connectivity index (χ4v) is 2.27. The summed E-state index contributed by atoms with van der Waals surface area (Å²) in [6.07, 6.45) is 5.51. The lowest BCUT2D eigenvalue weighted by atomic mass is 10.2. The molecule has 2 N–H and O–H groups in total. The molecule has 0 unspecified atom stereocenters. The number of rotatable bonds is 1. The van der Waals surface area contributed by atoms with Crippen molar-refractivity contribution in [2.75, 3.05) is 23.8 Å². The molecule has 3 heterocycles. The topological polar surface area (TPSA) is 60.0 Å². The van der Waals surface area contributed by atoms with Crippen molar-refractivity contribution in [3.63, 3.8) is 0 Å². The van der Waals surface area contributed by atoms with Crippen LogP contribution in [0.1, 0.15) is 19.3 Å². The molecule has 0 bridgehead atoms. The zero-order valence-electron chi connectivity index (χ0n) is 9.13. The third-order valence-electron chi connectivity index (χ3n) is 3.03. The number of nitrogens with zero attached hydrogens (tertiary/aromatic N) is 4. The summed E-state index contributed by atoms with van der Waals surface area (Å²) in [5.74, 6) is 0.538. The molecule has 1 saturated heterocycles. The Labute approximate surface area is 93.9 Å². The lowest BCUT2D eigenvalue weighted by molar-refractivity contribution is 0.488. The molecule has 2 aromatic heterocycles. The SMILES string of the molecule is Nc1nc2cccnc2n1N1CCCCC1. The number of anilines is 1. The van der Waals surface area contributed by atoms with Crippen LogP contribution in [-0.4, -0.2) is 27.7 Å². The highest BCUT2D eigenvalue weighted by atomic mass is 15.6. The summed E-state index contributed by atoms with van der Waals surface area (Å²) in [6, 6.07) is 3.83. The average molecular weight is 217 g/mol. The van der Waals surface area contributed by atoms with Gasteiger partial charge in [0.1, 0.15) is 5.52 Å². The lowest BCUT2D eigenvalue weighted by Gasteiger charge is -2.29. The maximum Gasteiger partial charge on any atom is 0.222 e. The van der Waals surface area contributed by atoms with E-state index >= 15 is 0 Å². The predicted molar refractivity (Wildman–Crippen MR) is 63.7 cm³/mol. The Morgan fingerprint density at radius 1 is 1.19 bits per heavy atom. The van der Waals surface area contributed by atoms with Crippen molar-refractivity contribution in [3.05, 3.63) is 18.3 Å². The van der Waals surface area contributed by atoms with Gasteiger partial charge < -0.3 is 10.7 Å². The van der Waals surface area contributed by atoms with E-state index in [1.165, 1.54) is 19.3 Å². The minimum absolute atomic E-state index is 0.538. The van der Waals surface area contributed by atoms with Gasteiger partial charge in [0.25, 0.3) is 0 Å². The van der Waals surface area contributed by atoms with Gasteiger partial charge in [0.2, 0.25) is 5.95 Å². The number of nitrogens with two attached hydrogens (primary N) is 1. The molecular formula is C11H15N5. The van der Waals surface area contributed by atoms with Gasteiger partial charge in [-0.15, -0.1) is 0 Å². The zero-order valence-corrected chi connectivity index (χ0v) is 9.13. The Balaban J connectivity index is 2.10. The molecular weight excluding hydrogens is 202 g/mol. The molecule has 5 nitrogen and oxygen atoms in total. The second kappa shape index (κ2) is 3.66. The van der Waals surface area contributed by atoms with Crippen LogP contribution in [0.3, 0.4) is 0 Å². The Morgan fingerprint density at radius 2 is 2.00 bits per heavy atom. The van der Waals surface area contributed by atoms with Gasteiger partial charge in [-0.25, -0.2) is 14.6 Å². The first kappa shape index (κ1) is 9.45. The van der Waals surface area contributed by atoms with E-state index in [-0.39, 0.29) is 0 Å². The Kier molecular flexibility index (Phi) is 2.16. The molecule has 1 aliphatic rings. The van der Waals surface area contributed by atoms with E-state index < -0.39 is 0 Å². The molecule has 16 heavy (non-hydrogen) atoms. The molecule has 1 fully saturated rings. The van der Waals surface area contributed by atoms with Gasteiger partial charge in [-0.05, 0) is 31.4 Å². The van der Waals surface area contributed by atoms with E-state index in [4.69, 9.17) is 5.73 Å². The average Bonchev–Trinajstić information content (AvgIpc) is 2.66. The summed E-state index contributed by atoms with van der Waals surface area (Å²) in [5.41, 5.74) is 7.68. The number of imidazole rings is 1. The Hall–Kier alpha value is -1.78. The van der Waals surface area contributed by atoms with E-state index in [1.54, 1.807) is 6.20 Å². The van der Waals surface area contributed by atoms with E-state index in [0.717, 1.165) is 24.3 Å². The normalized spacial score (nSPS) is 16.9. The van der Waals surface area contributed by atoms with Crippen molar-refractivity contribution in [2.24, 2.45) is 0 Å². The Morgan fingerprint density at radius 3 is 2.81 bits per heavy atom. The van der Waals surface area contributed by atoms with E-state index in [1.807, 2.05) is 16.8 Å². The molecule has 3 rings (SSSR count). The van der Waals surface area contributed by atoms with E-state index in [0.29, 0.717) is 5.95 Å². The second-order valence-corrected chi connectivity index (χ2v) is 4.14. The summed E-state index contributed by atoms with van der Waals surface area (Å²) in [7, 11) is 0. The van der Waals surface area contributed by atoms with Gasteiger partial charge >= 0.3 is 0 Å². The first-order valence-corrected chi connectivity index (χ1v) is 5.70. The van der Waals surface area contributed by atoms with Crippen LogP contribution >= 0.6 is 0 Å². The van der Waals surface area contributed by atoms with Crippen molar-refractivity contribution in [1.82, 2.24) is 14.6 Å². The third kappa shape index (κ3) is 1.39. The molecule has 5 heteroatoms. The van der Waals surface area contributed by atoms with Gasteiger partial charge in [-0.2, -0.15) is 0 Å². The van der Waals surface area contributed by atoms with Gasteiger partial charge in [-0.1, -0.05) is 0 Å². The molecule has 0 aromatic carbocycles. The van der Waals surface area contributed by atoms with E-state index in [2.05, 4.69) is 15.0 Å². The fourth-order valence-electron chi connectivity index (χ4n) is 2.27. The highest BCUT2D eigenvalue weighted by molar-refractivity contribution is 5.74. The second-order valence-electron chi connectivity index (χ2n) is 4.14. The molecule has 0 spiro atoms. The standard InChI is InChI=1S/C11H15N5/c12-11-14-9-5-4-6-13-10(9)16(11)15-7-2-1-3-8-15/h4-6H,1-3,7-8H2,(H2,12,14). The summed E-state index contributed by atoms with van der Waals surface area (Å²) >= 11 is 0. The summed E-state index contributed by atoms with van der Waals surface area (Å²) in [4.78, 5) is 8.68. The van der Waals surface area contributed by atoms with Crippen LogP contribution in [0.15, 0.2) is 18.3 Å². The number of hydrogen-bond donors (Lipinski definition) is 1.